The third-order valence-corrected chi connectivity index (χ3v) is 4.12. The first-order chi connectivity index (χ1) is 9.85. The van der Waals surface area contributed by atoms with Gasteiger partial charge in [0.25, 0.3) is 0 Å². The van der Waals surface area contributed by atoms with Gasteiger partial charge in [-0.15, -0.1) is 11.3 Å². The minimum Gasteiger partial charge on any atom is -0.376 e. The van der Waals surface area contributed by atoms with E-state index >= 15 is 0 Å². The van der Waals surface area contributed by atoms with Crippen LogP contribution in [0.3, 0.4) is 0 Å². The van der Waals surface area contributed by atoms with Gasteiger partial charge in [0.05, 0.1) is 23.4 Å². The van der Waals surface area contributed by atoms with Crippen LogP contribution in [0.4, 0.5) is 5.13 Å². The first kappa shape index (κ1) is 13.1. The van der Waals surface area contributed by atoms with Crippen LogP contribution in [0, 0.1) is 11.3 Å². The molecule has 0 spiro atoms. The highest BCUT2D eigenvalue weighted by atomic mass is 32.1. The number of anilines is 1. The van der Waals surface area contributed by atoms with E-state index in [1.165, 1.54) is 0 Å². The quantitative estimate of drug-likeness (QED) is 0.936. The van der Waals surface area contributed by atoms with E-state index in [9.17, 15) is 0 Å². The zero-order valence-electron chi connectivity index (χ0n) is 11.0. The van der Waals surface area contributed by atoms with Crippen LogP contribution in [0.5, 0.6) is 0 Å². The van der Waals surface area contributed by atoms with E-state index in [4.69, 9.17) is 10.00 Å². The van der Waals surface area contributed by atoms with Crippen molar-refractivity contribution in [1.29, 1.82) is 5.26 Å². The van der Waals surface area contributed by atoms with Crippen LogP contribution in [-0.2, 0) is 4.74 Å². The highest BCUT2D eigenvalue weighted by Gasteiger charge is 2.15. The maximum Gasteiger partial charge on any atom is 0.183 e. The predicted octanol–water partition coefficient (Wildman–Crippen LogP) is 3.27. The first-order valence-corrected chi connectivity index (χ1v) is 7.54. The van der Waals surface area contributed by atoms with Gasteiger partial charge in [-0.05, 0) is 25.0 Å². The van der Waals surface area contributed by atoms with E-state index in [0.29, 0.717) is 11.7 Å². The third-order valence-electron chi connectivity index (χ3n) is 3.32. The molecule has 5 heteroatoms. The van der Waals surface area contributed by atoms with Crippen LogP contribution in [-0.4, -0.2) is 24.2 Å². The molecule has 1 N–H and O–H groups in total. The van der Waals surface area contributed by atoms with E-state index in [1.807, 2.05) is 29.6 Å². The number of benzene rings is 1. The van der Waals surface area contributed by atoms with E-state index < -0.39 is 0 Å². The third kappa shape index (κ3) is 2.98. The summed E-state index contributed by atoms with van der Waals surface area (Å²) < 4.78 is 5.58. The Balaban J connectivity index is 1.64. The lowest BCUT2D eigenvalue weighted by molar-refractivity contribution is 0.120. The lowest BCUT2D eigenvalue weighted by Gasteiger charge is -2.09. The van der Waals surface area contributed by atoms with E-state index in [0.717, 1.165) is 42.4 Å². The van der Waals surface area contributed by atoms with Gasteiger partial charge in [0.15, 0.2) is 5.13 Å². The van der Waals surface area contributed by atoms with Gasteiger partial charge in [0.1, 0.15) is 0 Å². The fraction of sp³-hybridized carbons (Fsp3) is 0.333. The number of nitrogens with zero attached hydrogens (tertiary/aromatic N) is 2. The van der Waals surface area contributed by atoms with Crippen LogP contribution < -0.4 is 5.32 Å². The van der Waals surface area contributed by atoms with Crippen molar-refractivity contribution in [2.45, 2.75) is 18.9 Å². The number of ether oxygens (including phenoxy) is 1. The molecule has 1 aromatic heterocycles. The summed E-state index contributed by atoms with van der Waals surface area (Å²) in [6.45, 7) is 1.70. The van der Waals surface area contributed by atoms with Gasteiger partial charge < -0.3 is 10.1 Å². The Labute approximate surface area is 122 Å². The SMILES string of the molecule is N#Cc1ccc(-c2csc(NCC3CCCO3)n2)cc1. The number of aromatic nitrogens is 1. The Hall–Kier alpha value is -1.90. The molecule has 1 saturated heterocycles. The van der Waals surface area contributed by atoms with Gasteiger partial charge in [0, 0.05) is 24.1 Å². The maximum atomic E-state index is 8.79. The molecule has 1 aliphatic heterocycles. The first-order valence-electron chi connectivity index (χ1n) is 6.67. The van der Waals surface area contributed by atoms with E-state index in [2.05, 4.69) is 16.4 Å². The van der Waals surface area contributed by atoms with Crippen LogP contribution in [0.25, 0.3) is 11.3 Å². The second-order valence-corrected chi connectivity index (χ2v) is 5.60. The average Bonchev–Trinajstić information content (AvgIpc) is 3.17. The van der Waals surface area contributed by atoms with Crippen molar-refractivity contribution in [3.63, 3.8) is 0 Å². The second kappa shape index (κ2) is 6.04. The standard InChI is InChI=1S/C15H15N3OS/c16-8-11-3-5-12(6-4-11)14-10-20-15(18-14)17-9-13-2-1-7-19-13/h3-6,10,13H,1-2,7,9H2,(H,17,18). The zero-order valence-corrected chi connectivity index (χ0v) is 11.8. The van der Waals surface area contributed by atoms with Crippen molar-refractivity contribution in [2.24, 2.45) is 0 Å². The summed E-state index contributed by atoms with van der Waals surface area (Å²) >= 11 is 1.59. The summed E-state index contributed by atoms with van der Waals surface area (Å²) in [6.07, 6.45) is 2.60. The van der Waals surface area contributed by atoms with Crippen molar-refractivity contribution in [2.75, 3.05) is 18.5 Å². The Kier molecular flexibility index (Phi) is 3.95. The molecule has 20 heavy (non-hydrogen) atoms. The van der Waals surface area contributed by atoms with Crippen LogP contribution in [0.2, 0.25) is 0 Å². The van der Waals surface area contributed by atoms with Crippen LogP contribution >= 0.6 is 11.3 Å². The lowest BCUT2D eigenvalue weighted by Crippen LogP contribution is -2.18. The number of nitriles is 1. The molecule has 0 radical (unpaired) electrons. The Morgan fingerprint density at radius 2 is 2.25 bits per heavy atom. The molecule has 2 heterocycles. The molecule has 2 aromatic rings. The number of hydrogen-bond donors (Lipinski definition) is 1. The molecule has 1 atom stereocenters. The fourth-order valence-corrected chi connectivity index (χ4v) is 2.94. The summed E-state index contributed by atoms with van der Waals surface area (Å²) in [6, 6.07) is 9.60. The number of hydrogen-bond acceptors (Lipinski definition) is 5. The molecule has 3 rings (SSSR count). The van der Waals surface area contributed by atoms with Crippen molar-refractivity contribution in [3.8, 4) is 17.3 Å². The van der Waals surface area contributed by atoms with E-state index in [1.54, 1.807) is 11.3 Å². The predicted molar refractivity (Wildman–Crippen MR) is 79.7 cm³/mol. The molecule has 1 aliphatic rings. The summed E-state index contributed by atoms with van der Waals surface area (Å²) in [7, 11) is 0. The lowest BCUT2D eigenvalue weighted by atomic mass is 10.1. The zero-order chi connectivity index (χ0) is 13.8. The average molecular weight is 285 g/mol. The number of thiazole rings is 1. The second-order valence-electron chi connectivity index (χ2n) is 4.74. The van der Waals surface area contributed by atoms with Crippen molar-refractivity contribution in [3.05, 3.63) is 35.2 Å². The molecule has 0 amide bonds. The fourth-order valence-electron chi connectivity index (χ4n) is 2.21. The highest BCUT2D eigenvalue weighted by Crippen LogP contribution is 2.25. The largest absolute Gasteiger partial charge is 0.376 e. The van der Waals surface area contributed by atoms with Crippen molar-refractivity contribution in [1.82, 2.24) is 4.98 Å². The number of nitrogens with one attached hydrogen (secondary N) is 1. The summed E-state index contributed by atoms with van der Waals surface area (Å²) in [4.78, 5) is 4.57. The van der Waals surface area contributed by atoms with Gasteiger partial charge in [-0.25, -0.2) is 4.98 Å². The maximum absolute atomic E-state index is 8.79. The molecule has 1 aromatic carbocycles. The molecule has 1 unspecified atom stereocenters. The normalized spacial score (nSPS) is 17.9. The molecule has 0 bridgehead atoms. The van der Waals surface area contributed by atoms with E-state index in [-0.39, 0.29) is 0 Å². The smallest absolute Gasteiger partial charge is 0.183 e. The van der Waals surface area contributed by atoms with Crippen molar-refractivity contribution >= 4 is 16.5 Å². The minimum absolute atomic E-state index is 0.317. The van der Waals surface area contributed by atoms with Gasteiger partial charge in [-0.2, -0.15) is 5.26 Å². The Morgan fingerprint density at radius 1 is 1.40 bits per heavy atom. The molecule has 102 valence electrons. The minimum atomic E-state index is 0.317. The van der Waals surface area contributed by atoms with Gasteiger partial charge in [-0.3, -0.25) is 0 Å². The van der Waals surface area contributed by atoms with Gasteiger partial charge in [0.2, 0.25) is 0 Å². The molecule has 0 aliphatic carbocycles. The topological polar surface area (TPSA) is 57.9 Å². The van der Waals surface area contributed by atoms with Crippen LogP contribution in [0.15, 0.2) is 29.6 Å². The van der Waals surface area contributed by atoms with Crippen molar-refractivity contribution < 1.29 is 4.74 Å². The van der Waals surface area contributed by atoms with Crippen LogP contribution in [0.1, 0.15) is 18.4 Å². The summed E-state index contributed by atoms with van der Waals surface area (Å²) in [5.74, 6) is 0. The molecule has 1 fully saturated rings. The molecular weight excluding hydrogens is 270 g/mol. The Bertz CT molecular complexity index is 609. The van der Waals surface area contributed by atoms with Gasteiger partial charge in [-0.1, -0.05) is 12.1 Å². The molecule has 4 nitrogen and oxygen atoms in total. The molecular formula is C15H15N3OS. The summed E-state index contributed by atoms with van der Waals surface area (Å²) in [5, 5.41) is 15.1. The van der Waals surface area contributed by atoms with Gasteiger partial charge >= 0.3 is 0 Å². The monoisotopic (exact) mass is 285 g/mol. The summed E-state index contributed by atoms with van der Waals surface area (Å²) in [5.41, 5.74) is 2.64. The number of rotatable bonds is 4. The highest BCUT2D eigenvalue weighted by molar-refractivity contribution is 7.14. The Morgan fingerprint density at radius 3 is 2.95 bits per heavy atom. The molecule has 0 saturated carbocycles.